The molecule has 0 aliphatic carbocycles. The van der Waals surface area contributed by atoms with E-state index in [4.69, 9.17) is 0 Å². The smallest absolute Gasteiger partial charge is 0.0544 e. The summed E-state index contributed by atoms with van der Waals surface area (Å²) >= 11 is 8.25. The summed E-state index contributed by atoms with van der Waals surface area (Å²) in [6.07, 6.45) is 0.892. The number of hydrogen-bond acceptors (Lipinski definition) is 4. The number of hydrogen-bond donors (Lipinski definition) is 2. The quantitative estimate of drug-likeness (QED) is 0.209. The van der Waals surface area contributed by atoms with Gasteiger partial charge >= 0.3 is 0 Å². The lowest BCUT2D eigenvalue weighted by Gasteiger charge is -2.39. The first-order valence-corrected chi connectivity index (χ1v) is 14.9. The zero-order chi connectivity index (χ0) is 27.6. The second kappa shape index (κ2) is 11.3. The van der Waals surface area contributed by atoms with Gasteiger partial charge < -0.3 is 9.80 Å². The number of para-hydroxylation sites is 3. The molecule has 0 bridgehead atoms. The number of nitrogens with zero attached hydrogens (tertiary/aromatic N) is 2. The van der Waals surface area contributed by atoms with Crippen molar-refractivity contribution in [2.45, 2.75) is 19.1 Å². The van der Waals surface area contributed by atoms with Crippen molar-refractivity contribution in [1.29, 1.82) is 0 Å². The van der Waals surface area contributed by atoms with Gasteiger partial charge in [0.05, 0.1) is 17.1 Å². The first-order chi connectivity index (χ1) is 19.6. The van der Waals surface area contributed by atoms with Gasteiger partial charge in [0.25, 0.3) is 0 Å². The van der Waals surface area contributed by atoms with E-state index in [1.807, 2.05) is 6.92 Å². The van der Waals surface area contributed by atoms with E-state index in [-0.39, 0.29) is 0 Å². The molecule has 2 heterocycles. The van der Waals surface area contributed by atoms with Crippen molar-refractivity contribution in [3.8, 4) is 0 Å². The maximum absolute atomic E-state index is 4.59. The number of fused-ring (bicyclic) bond motifs is 4. The summed E-state index contributed by atoms with van der Waals surface area (Å²) in [5, 5.41) is 0. The molecule has 0 saturated heterocycles. The van der Waals surface area contributed by atoms with E-state index in [9.17, 15) is 0 Å². The highest BCUT2D eigenvalue weighted by molar-refractivity contribution is 7.80. The van der Waals surface area contributed by atoms with E-state index in [1.165, 1.54) is 33.8 Å². The van der Waals surface area contributed by atoms with Crippen LogP contribution < -0.4 is 9.80 Å². The van der Waals surface area contributed by atoms with Gasteiger partial charge in [-0.1, -0.05) is 80.2 Å². The second-order valence-corrected chi connectivity index (χ2v) is 10.9. The van der Waals surface area contributed by atoms with Crippen molar-refractivity contribution < 1.29 is 0 Å². The largest absolute Gasteiger partial charge is 0.310 e. The molecule has 0 fully saturated rings. The Hall–Kier alpha value is -3.86. The third-order valence-corrected chi connectivity index (χ3v) is 7.84. The zero-order valence-electron chi connectivity index (χ0n) is 22.6. The molecule has 2 aliphatic rings. The van der Waals surface area contributed by atoms with E-state index < -0.39 is 0 Å². The molecule has 0 atom stereocenters. The average Bonchev–Trinajstić information content (AvgIpc) is 3.00. The molecule has 0 saturated carbocycles. The number of benzene rings is 5. The van der Waals surface area contributed by atoms with Crippen molar-refractivity contribution in [2.75, 3.05) is 15.6 Å². The molecule has 0 amide bonds. The third kappa shape index (κ3) is 4.61. The van der Waals surface area contributed by atoms with E-state index in [0.717, 1.165) is 51.7 Å². The summed E-state index contributed by atoms with van der Waals surface area (Å²) in [5.41, 5.74) is 14.3. The fourth-order valence-electron chi connectivity index (χ4n) is 5.69. The van der Waals surface area contributed by atoms with Crippen molar-refractivity contribution in [1.82, 2.24) is 0 Å². The van der Waals surface area contributed by atoms with Crippen LogP contribution in [0.1, 0.15) is 34.7 Å². The Balaban J connectivity index is 0.000000925. The van der Waals surface area contributed by atoms with Crippen LogP contribution in [0.3, 0.4) is 0 Å². The van der Waals surface area contributed by atoms with Gasteiger partial charge in [0.1, 0.15) is 0 Å². The molecular formula is C36H32N2S2. The molecule has 0 aromatic heterocycles. The third-order valence-electron chi connectivity index (χ3n) is 7.48. The second-order valence-electron chi connectivity index (χ2n) is 9.95. The number of thiol groups is 2. The van der Waals surface area contributed by atoms with Crippen molar-refractivity contribution >= 4 is 65.0 Å². The Morgan fingerprint density at radius 1 is 0.600 bits per heavy atom. The molecule has 4 heteroatoms. The van der Waals surface area contributed by atoms with Gasteiger partial charge in [-0.3, -0.25) is 0 Å². The Labute approximate surface area is 248 Å². The molecular weight excluding hydrogens is 525 g/mol. The molecule has 198 valence electrons. The summed E-state index contributed by atoms with van der Waals surface area (Å²) in [6.45, 7) is 6.58. The van der Waals surface area contributed by atoms with Crippen molar-refractivity contribution in [2.24, 2.45) is 0 Å². The van der Waals surface area contributed by atoms with Gasteiger partial charge in [0, 0.05) is 40.4 Å². The molecule has 2 aliphatic heterocycles. The monoisotopic (exact) mass is 556 g/mol. The first-order valence-electron chi connectivity index (χ1n) is 13.6. The minimum Gasteiger partial charge on any atom is -0.310 e. The molecule has 0 spiro atoms. The van der Waals surface area contributed by atoms with E-state index >= 15 is 0 Å². The molecule has 0 N–H and O–H groups in total. The standard InChI is InChI=1S/C34H26N2S.C2H6S/c1-23-29-12-6-8-14-32(29)36(28-17-15-24(22-37)16-18-28)34-20-26-19-25-9-5-7-13-31(25)35(33(26)21-30(23)34)27-10-3-2-4-11-27;1-2-3/h2-18,20-21,37H,1,19,22H2;3H,2H2,1H3. The average molecular weight is 557 g/mol. The molecule has 2 nitrogen and oxygen atoms in total. The minimum absolute atomic E-state index is 0.729. The van der Waals surface area contributed by atoms with Crippen LogP contribution in [0.5, 0.6) is 0 Å². The van der Waals surface area contributed by atoms with Crippen LogP contribution in [0.25, 0.3) is 5.57 Å². The maximum atomic E-state index is 4.59. The molecule has 40 heavy (non-hydrogen) atoms. The lowest BCUT2D eigenvalue weighted by molar-refractivity contribution is 1.08. The van der Waals surface area contributed by atoms with Gasteiger partial charge in [0.2, 0.25) is 0 Å². The lowest BCUT2D eigenvalue weighted by atomic mass is 9.86. The van der Waals surface area contributed by atoms with Crippen LogP contribution in [-0.2, 0) is 12.2 Å². The van der Waals surface area contributed by atoms with Crippen LogP contribution in [0, 0.1) is 0 Å². The number of rotatable bonds is 3. The van der Waals surface area contributed by atoms with Crippen LogP contribution in [0.2, 0.25) is 0 Å². The van der Waals surface area contributed by atoms with Crippen LogP contribution >= 0.6 is 25.3 Å². The van der Waals surface area contributed by atoms with E-state index in [2.05, 4.69) is 157 Å². The summed E-state index contributed by atoms with van der Waals surface area (Å²) in [5.74, 6) is 1.67. The van der Waals surface area contributed by atoms with Gasteiger partial charge in [0.15, 0.2) is 0 Å². The van der Waals surface area contributed by atoms with Crippen molar-refractivity contribution in [3.05, 3.63) is 150 Å². The molecule has 5 aromatic carbocycles. The predicted molar refractivity (Wildman–Crippen MR) is 179 cm³/mol. The Kier molecular flexibility index (Phi) is 7.46. The Bertz CT molecular complexity index is 1680. The number of anilines is 6. The summed E-state index contributed by atoms with van der Waals surface area (Å²) in [7, 11) is 0. The normalized spacial score (nSPS) is 12.9. The Morgan fingerprint density at radius 2 is 1.20 bits per heavy atom. The Morgan fingerprint density at radius 3 is 1.93 bits per heavy atom. The van der Waals surface area contributed by atoms with Gasteiger partial charge in [-0.05, 0) is 76.5 Å². The van der Waals surface area contributed by atoms with Crippen molar-refractivity contribution in [3.63, 3.8) is 0 Å². The summed E-state index contributed by atoms with van der Waals surface area (Å²) in [4.78, 5) is 4.78. The maximum Gasteiger partial charge on any atom is 0.0544 e. The predicted octanol–water partition coefficient (Wildman–Crippen LogP) is 10.3. The fraction of sp³-hybridized carbons (Fsp3) is 0.111. The van der Waals surface area contributed by atoms with Gasteiger partial charge in [-0.15, -0.1) is 0 Å². The van der Waals surface area contributed by atoms with Gasteiger partial charge in [-0.2, -0.15) is 25.3 Å². The zero-order valence-corrected chi connectivity index (χ0v) is 24.4. The highest BCUT2D eigenvalue weighted by atomic mass is 32.1. The molecule has 0 unspecified atom stereocenters. The fourth-order valence-corrected chi connectivity index (χ4v) is 5.90. The first kappa shape index (κ1) is 26.4. The van der Waals surface area contributed by atoms with Gasteiger partial charge in [-0.25, -0.2) is 0 Å². The molecule has 7 rings (SSSR count). The minimum atomic E-state index is 0.729. The van der Waals surface area contributed by atoms with Crippen LogP contribution in [-0.4, -0.2) is 5.75 Å². The van der Waals surface area contributed by atoms with Crippen LogP contribution in [0.4, 0.5) is 34.1 Å². The SMILES string of the molecule is C=C1c2ccccc2N(c2ccc(CS)cc2)c2cc3c(cc21)N(c1ccccc1)c1ccccc1C3.CCS. The topological polar surface area (TPSA) is 6.48 Å². The molecule has 5 aromatic rings. The van der Waals surface area contributed by atoms with E-state index in [0.29, 0.717) is 0 Å². The highest BCUT2D eigenvalue weighted by Gasteiger charge is 2.31. The summed E-state index contributed by atoms with van der Waals surface area (Å²) < 4.78 is 0. The lowest BCUT2D eigenvalue weighted by Crippen LogP contribution is -2.22. The van der Waals surface area contributed by atoms with Crippen LogP contribution in [0.15, 0.2) is 122 Å². The highest BCUT2D eigenvalue weighted by Crippen LogP contribution is 2.53. The van der Waals surface area contributed by atoms with E-state index in [1.54, 1.807) is 0 Å². The summed E-state index contributed by atoms with van der Waals surface area (Å²) in [6, 6.07) is 41.4. The molecule has 0 radical (unpaired) electrons.